The van der Waals surface area contributed by atoms with Crippen molar-refractivity contribution in [2.45, 2.75) is 19.9 Å². The fourth-order valence-electron chi connectivity index (χ4n) is 4.75. The molecule has 2 N–H and O–H groups in total. The van der Waals surface area contributed by atoms with E-state index in [2.05, 4.69) is 27.8 Å². The second-order valence-corrected chi connectivity index (χ2v) is 7.88. The zero-order valence-corrected chi connectivity index (χ0v) is 16.8. The first kappa shape index (κ1) is 20.1. The maximum absolute atomic E-state index is 12.7. The van der Waals surface area contributed by atoms with Crippen molar-refractivity contribution >= 4 is 23.5 Å². The van der Waals surface area contributed by atoms with Crippen molar-refractivity contribution in [3.8, 4) is 0 Å². The normalized spacial score (nSPS) is 27.0. The van der Waals surface area contributed by atoms with Gasteiger partial charge in [-0.15, -0.1) is 0 Å². The molecular weight excluding hydrogens is 386 g/mol. The first-order chi connectivity index (χ1) is 14.5. The summed E-state index contributed by atoms with van der Waals surface area (Å²) < 4.78 is 0. The number of non-ortho nitro benzene ring substituents is 1. The number of hydrogen-bond acceptors (Lipinski definition) is 5. The molecule has 4 atom stereocenters. The molecule has 2 amide bonds. The van der Waals surface area contributed by atoms with E-state index in [4.69, 9.17) is 0 Å². The Morgan fingerprint density at radius 3 is 2.53 bits per heavy atom. The van der Waals surface area contributed by atoms with Crippen LogP contribution in [-0.2, 0) is 16.1 Å². The number of carbonyl (C=O) groups is 2. The third-order valence-corrected chi connectivity index (χ3v) is 6.07. The molecule has 1 saturated heterocycles. The number of fused-ring (bicyclic) bond motifs is 5. The van der Waals surface area contributed by atoms with Crippen LogP contribution in [0.3, 0.4) is 0 Å². The molecule has 158 valence electrons. The van der Waals surface area contributed by atoms with Crippen LogP contribution in [0.5, 0.6) is 0 Å². The Hall–Kier alpha value is -3.23. The van der Waals surface area contributed by atoms with Crippen LogP contribution in [0.1, 0.15) is 18.9 Å². The Balaban J connectivity index is 1.34. The summed E-state index contributed by atoms with van der Waals surface area (Å²) in [6, 6.07) is 6.35. The number of amides is 2. The summed E-state index contributed by atoms with van der Waals surface area (Å²) in [5, 5.41) is 17.2. The number of benzene rings is 1. The van der Waals surface area contributed by atoms with Gasteiger partial charge in [-0.2, -0.15) is 0 Å². The largest absolute Gasteiger partial charge is 0.357 e. The van der Waals surface area contributed by atoms with E-state index < -0.39 is 4.92 Å². The van der Waals surface area contributed by atoms with E-state index in [0.717, 1.165) is 12.0 Å². The number of likely N-dealkylation sites (tertiary alicyclic amines) is 1. The van der Waals surface area contributed by atoms with Gasteiger partial charge in [0, 0.05) is 31.8 Å². The Morgan fingerprint density at radius 2 is 1.90 bits per heavy atom. The number of rotatable bonds is 7. The molecule has 1 saturated carbocycles. The van der Waals surface area contributed by atoms with Gasteiger partial charge in [0.25, 0.3) is 5.69 Å². The van der Waals surface area contributed by atoms with E-state index in [-0.39, 0.29) is 47.7 Å². The minimum absolute atomic E-state index is 0.0284. The number of aliphatic imine (C=N–C) groups is 1. The van der Waals surface area contributed by atoms with Crippen LogP contribution >= 0.6 is 0 Å². The number of carbonyl (C=O) groups excluding carboxylic acids is 2. The Labute approximate surface area is 174 Å². The second-order valence-electron chi connectivity index (χ2n) is 7.88. The lowest BCUT2D eigenvalue weighted by Gasteiger charge is -2.18. The van der Waals surface area contributed by atoms with Gasteiger partial charge in [-0.3, -0.25) is 24.6 Å². The van der Waals surface area contributed by atoms with Gasteiger partial charge in [0.2, 0.25) is 11.8 Å². The quantitative estimate of drug-likeness (QED) is 0.175. The van der Waals surface area contributed by atoms with E-state index >= 15 is 0 Å². The summed E-state index contributed by atoms with van der Waals surface area (Å²) in [6.07, 6.45) is 5.10. The summed E-state index contributed by atoms with van der Waals surface area (Å²) in [4.78, 5) is 41.8. The van der Waals surface area contributed by atoms with E-state index in [1.165, 1.54) is 17.0 Å². The van der Waals surface area contributed by atoms with Crippen LogP contribution < -0.4 is 10.6 Å². The van der Waals surface area contributed by atoms with Gasteiger partial charge < -0.3 is 10.6 Å². The monoisotopic (exact) mass is 411 g/mol. The number of nitrogens with one attached hydrogen (secondary N) is 2. The first-order valence-corrected chi connectivity index (χ1v) is 10.3. The van der Waals surface area contributed by atoms with Gasteiger partial charge in [0.15, 0.2) is 5.96 Å². The summed E-state index contributed by atoms with van der Waals surface area (Å²) >= 11 is 0. The van der Waals surface area contributed by atoms with Crippen molar-refractivity contribution in [2.75, 3.05) is 19.6 Å². The number of nitro benzene ring substituents is 1. The van der Waals surface area contributed by atoms with E-state index in [1.807, 2.05) is 6.92 Å². The average molecular weight is 411 g/mol. The maximum atomic E-state index is 12.7. The highest BCUT2D eigenvalue weighted by Crippen LogP contribution is 2.52. The number of allylic oxidation sites excluding steroid dienone is 2. The highest BCUT2D eigenvalue weighted by atomic mass is 16.6. The summed E-state index contributed by atoms with van der Waals surface area (Å²) in [5.74, 6) is 0.493. The Kier molecular flexibility index (Phi) is 5.52. The molecule has 1 aromatic rings. The SMILES string of the molecule is CCNC(=NCc1cccc([N+](=O)[O-])c1)NCCN1C(=O)C2C3C=CC(C3)C2C1=O. The molecule has 9 nitrogen and oxygen atoms in total. The standard InChI is InChI=1S/C21H25N5O4/c1-2-22-21(24-12-13-4-3-5-16(10-13)26(29)30)23-8-9-25-19(27)17-14-6-7-15(11-14)18(17)20(25)28/h3-7,10,14-15,17-18H,2,8-9,11-12H2,1H3,(H2,22,23,24). The van der Waals surface area contributed by atoms with Crippen molar-refractivity contribution in [2.24, 2.45) is 28.7 Å². The van der Waals surface area contributed by atoms with Gasteiger partial charge in [-0.25, -0.2) is 4.99 Å². The van der Waals surface area contributed by atoms with Crippen molar-refractivity contribution in [1.82, 2.24) is 15.5 Å². The van der Waals surface area contributed by atoms with Crippen LogP contribution in [0, 0.1) is 33.8 Å². The van der Waals surface area contributed by atoms with Gasteiger partial charge >= 0.3 is 0 Å². The van der Waals surface area contributed by atoms with Crippen molar-refractivity contribution in [1.29, 1.82) is 0 Å². The molecule has 0 radical (unpaired) electrons. The van der Waals surface area contributed by atoms with Crippen molar-refractivity contribution < 1.29 is 14.5 Å². The zero-order valence-electron chi connectivity index (χ0n) is 16.8. The van der Waals surface area contributed by atoms with Crippen LogP contribution in [0.15, 0.2) is 41.4 Å². The number of nitro groups is 1. The Morgan fingerprint density at radius 1 is 1.20 bits per heavy atom. The van der Waals surface area contributed by atoms with E-state index in [9.17, 15) is 19.7 Å². The summed E-state index contributed by atoms with van der Waals surface area (Å²) in [5.41, 5.74) is 0.753. The van der Waals surface area contributed by atoms with Crippen molar-refractivity contribution in [3.63, 3.8) is 0 Å². The molecular formula is C21H25N5O4. The summed E-state index contributed by atoms with van der Waals surface area (Å²) in [6.45, 7) is 3.53. The molecule has 9 heteroatoms. The lowest BCUT2D eigenvalue weighted by atomic mass is 9.85. The lowest BCUT2D eigenvalue weighted by molar-refractivity contribution is -0.384. The number of hydrogen-bond donors (Lipinski definition) is 2. The highest BCUT2D eigenvalue weighted by molar-refractivity contribution is 6.06. The van der Waals surface area contributed by atoms with Gasteiger partial charge in [0.05, 0.1) is 23.3 Å². The molecule has 1 aromatic carbocycles. The molecule has 2 fully saturated rings. The smallest absolute Gasteiger partial charge is 0.269 e. The van der Waals surface area contributed by atoms with Gasteiger partial charge in [-0.1, -0.05) is 24.3 Å². The highest BCUT2D eigenvalue weighted by Gasteiger charge is 2.58. The van der Waals surface area contributed by atoms with Crippen LogP contribution in [-0.4, -0.2) is 47.2 Å². The lowest BCUT2D eigenvalue weighted by Crippen LogP contribution is -2.43. The molecule has 0 aromatic heterocycles. The van der Waals surface area contributed by atoms with Gasteiger partial charge in [-0.05, 0) is 30.7 Å². The molecule has 0 spiro atoms. The topological polar surface area (TPSA) is 117 Å². The van der Waals surface area contributed by atoms with Crippen LogP contribution in [0.2, 0.25) is 0 Å². The fraction of sp³-hybridized carbons (Fsp3) is 0.476. The second kappa shape index (κ2) is 8.25. The molecule has 4 unspecified atom stereocenters. The maximum Gasteiger partial charge on any atom is 0.269 e. The third kappa shape index (κ3) is 3.67. The fourth-order valence-corrected chi connectivity index (χ4v) is 4.75. The van der Waals surface area contributed by atoms with Crippen LogP contribution in [0.4, 0.5) is 5.69 Å². The van der Waals surface area contributed by atoms with Crippen molar-refractivity contribution in [3.05, 3.63) is 52.1 Å². The minimum atomic E-state index is -0.433. The third-order valence-electron chi connectivity index (χ3n) is 6.07. The molecule has 2 bridgehead atoms. The first-order valence-electron chi connectivity index (χ1n) is 10.3. The number of guanidine groups is 1. The van der Waals surface area contributed by atoms with E-state index in [0.29, 0.717) is 25.6 Å². The molecule has 1 aliphatic heterocycles. The zero-order chi connectivity index (χ0) is 21.3. The molecule has 4 rings (SSSR count). The van der Waals surface area contributed by atoms with Gasteiger partial charge in [0.1, 0.15) is 0 Å². The summed E-state index contributed by atoms with van der Waals surface area (Å²) in [7, 11) is 0. The number of imide groups is 1. The predicted molar refractivity (Wildman–Crippen MR) is 110 cm³/mol. The van der Waals surface area contributed by atoms with Crippen LogP contribution in [0.25, 0.3) is 0 Å². The predicted octanol–water partition coefficient (Wildman–Crippen LogP) is 1.46. The minimum Gasteiger partial charge on any atom is -0.357 e. The molecule has 1 heterocycles. The number of nitrogens with zero attached hydrogens (tertiary/aromatic N) is 3. The molecule has 30 heavy (non-hydrogen) atoms. The molecule has 2 aliphatic carbocycles. The Bertz CT molecular complexity index is 898. The molecule has 3 aliphatic rings. The van der Waals surface area contributed by atoms with E-state index in [1.54, 1.807) is 12.1 Å². The average Bonchev–Trinajstić information content (AvgIpc) is 3.42.